The highest BCUT2D eigenvalue weighted by Crippen LogP contribution is 2.38. The van der Waals surface area contributed by atoms with Gasteiger partial charge in [-0.2, -0.15) is 0 Å². The summed E-state index contributed by atoms with van der Waals surface area (Å²) in [7, 11) is 0. The molecule has 2 heterocycles. The zero-order chi connectivity index (χ0) is 29.7. The molecule has 0 aliphatic carbocycles. The third-order valence-electron chi connectivity index (χ3n) is 8.78. The van der Waals surface area contributed by atoms with Crippen molar-refractivity contribution < 1.29 is 0 Å². The van der Waals surface area contributed by atoms with Gasteiger partial charge in [-0.25, -0.2) is 9.97 Å². The predicted octanol–water partition coefficient (Wildman–Crippen LogP) is 10.9. The van der Waals surface area contributed by atoms with E-state index in [2.05, 4.69) is 156 Å². The molecule has 0 aliphatic heterocycles. The van der Waals surface area contributed by atoms with Gasteiger partial charge in [0.05, 0.1) is 22.2 Å². The minimum Gasteiger partial charge on any atom is -0.292 e. The molecule has 9 aromatic rings. The van der Waals surface area contributed by atoms with Crippen LogP contribution in [0, 0.1) is 0 Å². The van der Waals surface area contributed by atoms with Crippen molar-refractivity contribution in [3.05, 3.63) is 164 Å². The molecule has 9 rings (SSSR count). The molecule has 0 saturated carbocycles. The van der Waals surface area contributed by atoms with Gasteiger partial charge in [0.2, 0.25) is 0 Å². The summed E-state index contributed by atoms with van der Waals surface area (Å²) >= 11 is 0. The van der Waals surface area contributed by atoms with Crippen LogP contribution < -0.4 is 0 Å². The number of aromatic nitrogens is 3. The fraction of sp³-hybridized carbons (Fsp3) is 0. The Morgan fingerprint density at radius 2 is 1.09 bits per heavy atom. The molecule has 0 atom stereocenters. The van der Waals surface area contributed by atoms with Gasteiger partial charge < -0.3 is 0 Å². The molecule has 0 saturated heterocycles. The van der Waals surface area contributed by atoms with Crippen molar-refractivity contribution in [1.29, 1.82) is 0 Å². The lowest BCUT2D eigenvalue weighted by atomic mass is 9.94. The molecule has 7 aromatic carbocycles. The molecule has 3 nitrogen and oxygen atoms in total. The van der Waals surface area contributed by atoms with E-state index in [4.69, 9.17) is 9.97 Å². The highest BCUT2D eigenvalue weighted by atomic mass is 15.1. The van der Waals surface area contributed by atoms with Crippen LogP contribution in [0.2, 0.25) is 0 Å². The second-order valence-corrected chi connectivity index (χ2v) is 11.4. The van der Waals surface area contributed by atoms with E-state index in [9.17, 15) is 0 Å². The average molecular weight is 574 g/mol. The van der Waals surface area contributed by atoms with E-state index in [-0.39, 0.29) is 0 Å². The number of para-hydroxylation sites is 3. The van der Waals surface area contributed by atoms with Gasteiger partial charge in [-0.1, -0.05) is 127 Å². The zero-order valence-electron chi connectivity index (χ0n) is 24.4. The van der Waals surface area contributed by atoms with E-state index in [1.165, 1.54) is 26.9 Å². The molecule has 0 aliphatic rings. The van der Waals surface area contributed by atoms with E-state index < -0.39 is 0 Å². The molecule has 0 amide bonds. The van der Waals surface area contributed by atoms with Crippen LogP contribution in [0.5, 0.6) is 0 Å². The molecule has 0 bridgehead atoms. The van der Waals surface area contributed by atoms with Gasteiger partial charge in [0.1, 0.15) is 5.82 Å². The topological polar surface area (TPSA) is 30.7 Å². The summed E-state index contributed by atoms with van der Waals surface area (Å²) in [5, 5.41) is 6.10. The third-order valence-corrected chi connectivity index (χ3v) is 8.78. The maximum absolute atomic E-state index is 5.22. The minimum atomic E-state index is 0.938. The third kappa shape index (κ3) is 4.21. The van der Waals surface area contributed by atoms with Crippen LogP contribution in [0.3, 0.4) is 0 Å². The van der Waals surface area contributed by atoms with Crippen molar-refractivity contribution in [1.82, 2.24) is 14.5 Å². The summed E-state index contributed by atoms with van der Waals surface area (Å²) < 4.78 is 2.25. The molecule has 2 aromatic heterocycles. The molecule has 0 radical (unpaired) electrons. The summed E-state index contributed by atoms with van der Waals surface area (Å²) in [5.41, 5.74) is 9.67. The average Bonchev–Trinajstić information content (AvgIpc) is 3.51. The Labute approximate surface area is 260 Å². The van der Waals surface area contributed by atoms with Crippen LogP contribution in [0.15, 0.2) is 164 Å². The molecule has 0 spiro atoms. The predicted molar refractivity (Wildman–Crippen MR) is 188 cm³/mol. The van der Waals surface area contributed by atoms with E-state index in [0.29, 0.717) is 0 Å². The number of pyridine rings is 1. The molecule has 0 fully saturated rings. The van der Waals surface area contributed by atoms with Gasteiger partial charge in [-0.3, -0.25) is 4.57 Å². The van der Waals surface area contributed by atoms with Crippen molar-refractivity contribution in [2.75, 3.05) is 0 Å². The lowest BCUT2D eigenvalue weighted by molar-refractivity contribution is 1.10. The van der Waals surface area contributed by atoms with Gasteiger partial charge in [0.15, 0.2) is 0 Å². The number of fused-ring (bicyclic) bond motifs is 6. The SMILES string of the molecule is c1ccc(-c2nc3ccccc3n2-c2ccc(-c3cccc(-c4nc5ccccc5c5c4ccc4ccccc45)c3)cc2)cc1. The highest BCUT2D eigenvalue weighted by molar-refractivity contribution is 6.22. The lowest BCUT2D eigenvalue weighted by Gasteiger charge is -2.14. The van der Waals surface area contributed by atoms with Gasteiger partial charge >= 0.3 is 0 Å². The van der Waals surface area contributed by atoms with Gasteiger partial charge in [-0.15, -0.1) is 0 Å². The van der Waals surface area contributed by atoms with Crippen molar-refractivity contribution in [3.8, 4) is 39.5 Å². The zero-order valence-corrected chi connectivity index (χ0v) is 24.4. The van der Waals surface area contributed by atoms with Crippen LogP contribution in [0.25, 0.3) is 82.9 Å². The molecular formula is C42H27N3. The number of nitrogens with zero attached hydrogens (tertiary/aromatic N) is 3. The maximum Gasteiger partial charge on any atom is 0.145 e. The standard InChI is InChI=1S/C42H27N3/c1-2-12-30(13-3-1)42-44-38-19-8-9-20-39(38)45(42)33-24-21-28(22-25-33)31-14-10-15-32(27-31)41-36-26-23-29-11-4-5-16-34(29)40(36)35-17-6-7-18-37(35)43-41/h1-27H. The molecule has 0 N–H and O–H groups in total. The Bertz CT molecular complexity index is 2510. The molecule has 3 heteroatoms. The number of imidazole rings is 1. The van der Waals surface area contributed by atoms with Crippen LogP contribution in [0.1, 0.15) is 0 Å². The van der Waals surface area contributed by atoms with E-state index >= 15 is 0 Å². The maximum atomic E-state index is 5.22. The van der Waals surface area contributed by atoms with E-state index in [0.717, 1.165) is 56.0 Å². The first-order valence-electron chi connectivity index (χ1n) is 15.3. The Kier molecular flexibility index (Phi) is 5.82. The molecule has 210 valence electrons. The second-order valence-electron chi connectivity index (χ2n) is 11.4. The smallest absolute Gasteiger partial charge is 0.145 e. The fourth-order valence-corrected chi connectivity index (χ4v) is 6.66. The van der Waals surface area contributed by atoms with Gasteiger partial charge in [-0.05, 0) is 58.3 Å². The van der Waals surface area contributed by atoms with E-state index in [1.54, 1.807) is 0 Å². The number of hydrogen-bond donors (Lipinski definition) is 0. The molecular weight excluding hydrogens is 546 g/mol. The fourth-order valence-electron chi connectivity index (χ4n) is 6.66. The Balaban J connectivity index is 1.17. The Morgan fingerprint density at radius 1 is 0.400 bits per heavy atom. The molecule has 45 heavy (non-hydrogen) atoms. The van der Waals surface area contributed by atoms with Crippen molar-refractivity contribution in [2.24, 2.45) is 0 Å². The lowest BCUT2D eigenvalue weighted by Crippen LogP contribution is -1.97. The number of rotatable bonds is 4. The first-order valence-corrected chi connectivity index (χ1v) is 15.3. The largest absolute Gasteiger partial charge is 0.292 e. The van der Waals surface area contributed by atoms with Crippen molar-refractivity contribution in [3.63, 3.8) is 0 Å². The first kappa shape index (κ1) is 25.4. The van der Waals surface area contributed by atoms with Gasteiger partial charge in [0, 0.05) is 33.0 Å². The quantitative estimate of drug-likeness (QED) is 0.196. The van der Waals surface area contributed by atoms with Crippen LogP contribution in [-0.4, -0.2) is 14.5 Å². The summed E-state index contributed by atoms with van der Waals surface area (Å²) in [4.78, 5) is 10.2. The normalized spacial score (nSPS) is 11.6. The summed E-state index contributed by atoms with van der Waals surface area (Å²) in [6.45, 7) is 0. The Morgan fingerprint density at radius 3 is 1.96 bits per heavy atom. The van der Waals surface area contributed by atoms with Crippen LogP contribution in [-0.2, 0) is 0 Å². The number of hydrogen-bond acceptors (Lipinski definition) is 2. The van der Waals surface area contributed by atoms with Crippen molar-refractivity contribution in [2.45, 2.75) is 0 Å². The monoisotopic (exact) mass is 573 g/mol. The Hall–Kier alpha value is -6.06. The first-order chi connectivity index (χ1) is 22.3. The van der Waals surface area contributed by atoms with Crippen molar-refractivity contribution >= 4 is 43.5 Å². The number of benzene rings is 7. The summed E-state index contributed by atoms with van der Waals surface area (Å²) in [5.74, 6) is 0.938. The summed E-state index contributed by atoms with van der Waals surface area (Å²) in [6.07, 6.45) is 0. The second kappa shape index (κ2) is 10.3. The van der Waals surface area contributed by atoms with Gasteiger partial charge in [0.25, 0.3) is 0 Å². The highest BCUT2D eigenvalue weighted by Gasteiger charge is 2.16. The minimum absolute atomic E-state index is 0.938. The van der Waals surface area contributed by atoms with Crippen LogP contribution >= 0.6 is 0 Å². The molecule has 0 unspecified atom stereocenters. The summed E-state index contributed by atoms with van der Waals surface area (Å²) in [6, 6.07) is 57.8. The van der Waals surface area contributed by atoms with E-state index in [1.807, 2.05) is 12.1 Å². The van der Waals surface area contributed by atoms with Crippen LogP contribution in [0.4, 0.5) is 0 Å².